The van der Waals surface area contributed by atoms with E-state index >= 15 is 0 Å². The first-order valence-corrected chi connectivity index (χ1v) is 9.51. The first-order chi connectivity index (χ1) is 13.6. The molecule has 148 valence electrons. The maximum atomic E-state index is 12.5. The van der Waals surface area contributed by atoms with Crippen molar-refractivity contribution in [2.24, 2.45) is 0 Å². The van der Waals surface area contributed by atoms with E-state index in [2.05, 4.69) is 10.6 Å². The lowest BCUT2D eigenvalue weighted by Gasteiger charge is -2.32. The van der Waals surface area contributed by atoms with Gasteiger partial charge in [-0.05, 0) is 24.3 Å². The van der Waals surface area contributed by atoms with Gasteiger partial charge in [0.25, 0.3) is 5.91 Å². The smallest absolute Gasteiger partial charge is 0.322 e. The van der Waals surface area contributed by atoms with Crippen molar-refractivity contribution in [2.45, 2.75) is 0 Å². The highest BCUT2D eigenvalue weighted by atomic mass is 35.5. The number of methoxy groups -OCH3 is 1. The molecule has 3 rings (SSSR count). The molecule has 2 aromatic rings. The largest absolute Gasteiger partial charge is 0.495 e. The van der Waals surface area contributed by atoms with E-state index in [1.165, 1.54) is 0 Å². The van der Waals surface area contributed by atoms with Crippen molar-refractivity contribution in [3.8, 4) is 5.75 Å². The Labute approximate surface area is 169 Å². The summed E-state index contributed by atoms with van der Waals surface area (Å²) < 4.78 is 5.26. The van der Waals surface area contributed by atoms with Gasteiger partial charge in [-0.3, -0.25) is 4.79 Å². The zero-order chi connectivity index (χ0) is 19.9. The molecule has 1 saturated heterocycles. The fourth-order valence-corrected chi connectivity index (χ4v) is 3.31. The van der Waals surface area contributed by atoms with Crippen molar-refractivity contribution in [2.75, 3.05) is 50.5 Å². The van der Waals surface area contributed by atoms with Gasteiger partial charge < -0.3 is 25.2 Å². The van der Waals surface area contributed by atoms with E-state index in [1.54, 1.807) is 36.3 Å². The summed E-state index contributed by atoms with van der Waals surface area (Å²) in [4.78, 5) is 27.6. The molecule has 1 heterocycles. The third-order valence-corrected chi connectivity index (χ3v) is 4.99. The minimum Gasteiger partial charge on any atom is -0.495 e. The molecule has 0 radical (unpaired) electrons. The predicted octanol–water partition coefficient (Wildman–Crippen LogP) is 1.72. The number of hydrogen-bond acceptors (Lipinski definition) is 3. The SMILES string of the molecule is COc1ccccc1NC(=O)N1CC[NH+](CC(=O)Nc2ccccc2Cl)CC1. The second-order valence-electron chi connectivity index (χ2n) is 6.57. The van der Waals surface area contributed by atoms with Gasteiger partial charge in [0, 0.05) is 0 Å². The number of hydrogen-bond donors (Lipinski definition) is 3. The normalized spacial score (nSPS) is 14.4. The van der Waals surface area contributed by atoms with Gasteiger partial charge in [-0.2, -0.15) is 0 Å². The number of anilines is 2. The van der Waals surface area contributed by atoms with Gasteiger partial charge in [-0.25, -0.2) is 4.79 Å². The van der Waals surface area contributed by atoms with E-state index in [0.717, 1.165) is 4.90 Å². The highest BCUT2D eigenvalue weighted by Gasteiger charge is 2.25. The van der Waals surface area contributed by atoms with E-state index in [4.69, 9.17) is 16.3 Å². The molecule has 0 spiro atoms. The van der Waals surface area contributed by atoms with Crippen LogP contribution in [-0.4, -0.2) is 56.7 Å². The van der Waals surface area contributed by atoms with Crippen LogP contribution in [0.25, 0.3) is 0 Å². The average Bonchev–Trinajstić information content (AvgIpc) is 2.70. The fourth-order valence-electron chi connectivity index (χ4n) is 3.13. The molecule has 0 bridgehead atoms. The molecule has 7 nitrogen and oxygen atoms in total. The van der Waals surface area contributed by atoms with Gasteiger partial charge in [0.05, 0.1) is 49.7 Å². The van der Waals surface area contributed by atoms with E-state index in [9.17, 15) is 9.59 Å². The summed E-state index contributed by atoms with van der Waals surface area (Å²) in [5.74, 6) is 0.534. The van der Waals surface area contributed by atoms with Crippen LogP contribution in [0.1, 0.15) is 0 Å². The molecular formula is C20H24ClN4O3+. The number of nitrogens with one attached hydrogen (secondary N) is 3. The van der Waals surface area contributed by atoms with Crippen LogP contribution in [0.4, 0.5) is 16.2 Å². The van der Waals surface area contributed by atoms with Crippen molar-refractivity contribution < 1.29 is 19.2 Å². The van der Waals surface area contributed by atoms with Crippen molar-refractivity contribution >= 4 is 34.9 Å². The van der Waals surface area contributed by atoms with Gasteiger partial charge in [-0.15, -0.1) is 0 Å². The number of quaternary nitrogens is 1. The number of rotatable bonds is 5. The van der Waals surface area contributed by atoms with E-state index in [-0.39, 0.29) is 11.9 Å². The van der Waals surface area contributed by atoms with Crippen molar-refractivity contribution in [1.82, 2.24) is 4.90 Å². The van der Waals surface area contributed by atoms with Crippen LogP contribution in [0.15, 0.2) is 48.5 Å². The lowest BCUT2D eigenvalue weighted by molar-refractivity contribution is -0.895. The number of carbonyl (C=O) groups excluding carboxylic acids is 2. The molecule has 0 atom stereocenters. The molecule has 3 amide bonds. The van der Waals surface area contributed by atoms with Crippen LogP contribution < -0.4 is 20.3 Å². The third kappa shape index (κ3) is 5.15. The highest BCUT2D eigenvalue weighted by molar-refractivity contribution is 6.33. The molecule has 0 aromatic heterocycles. The Bertz CT molecular complexity index is 838. The Morgan fingerprint density at radius 3 is 2.36 bits per heavy atom. The van der Waals surface area contributed by atoms with Crippen LogP contribution in [0.5, 0.6) is 5.75 Å². The summed E-state index contributed by atoms with van der Waals surface area (Å²) >= 11 is 6.07. The molecule has 0 unspecified atom stereocenters. The zero-order valence-corrected chi connectivity index (χ0v) is 16.5. The number of ether oxygens (including phenoxy) is 1. The lowest BCUT2D eigenvalue weighted by atomic mass is 10.3. The first kappa shape index (κ1) is 20.0. The molecule has 1 aliphatic heterocycles. The number of carbonyl (C=O) groups is 2. The highest BCUT2D eigenvalue weighted by Crippen LogP contribution is 2.23. The Morgan fingerprint density at radius 1 is 1.04 bits per heavy atom. The number of halogens is 1. The zero-order valence-electron chi connectivity index (χ0n) is 15.7. The minimum absolute atomic E-state index is 0.0879. The quantitative estimate of drug-likeness (QED) is 0.711. The minimum atomic E-state index is -0.163. The number of benzene rings is 2. The van der Waals surface area contributed by atoms with E-state index in [0.29, 0.717) is 54.9 Å². The summed E-state index contributed by atoms with van der Waals surface area (Å²) in [7, 11) is 1.57. The summed E-state index contributed by atoms with van der Waals surface area (Å²) in [5.41, 5.74) is 1.26. The van der Waals surface area contributed by atoms with Crippen LogP contribution in [-0.2, 0) is 4.79 Å². The van der Waals surface area contributed by atoms with Crippen molar-refractivity contribution in [1.29, 1.82) is 0 Å². The lowest BCUT2D eigenvalue weighted by Crippen LogP contribution is -3.15. The van der Waals surface area contributed by atoms with Crippen molar-refractivity contribution in [3.05, 3.63) is 53.6 Å². The van der Waals surface area contributed by atoms with Gasteiger partial charge in [0.15, 0.2) is 6.54 Å². The monoisotopic (exact) mass is 403 g/mol. The number of piperazine rings is 1. The Kier molecular flexibility index (Phi) is 6.73. The first-order valence-electron chi connectivity index (χ1n) is 9.13. The Balaban J connectivity index is 1.47. The summed E-state index contributed by atoms with van der Waals surface area (Å²) in [5, 5.41) is 6.24. The Hall–Kier alpha value is -2.77. The molecular weight excluding hydrogens is 380 g/mol. The van der Waals surface area contributed by atoms with Gasteiger partial charge >= 0.3 is 6.03 Å². The third-order valence-electron chi connectivity index (χ3n) is 4.66. The Morgan fingerprint density at radius 2 is 1.68 bits per heavy atom. The second-order valence-corrected chi connectivity index (χ2v) is 6.98. The van der Waals surface area contributed by atoms with Crippen LogP contribution in [0.3, 0.4) is 0 Å². The van der Waals surface area contributed by atoms with Crippen molar-refractivity contribution in [3.63, 3.8) is 0 Å². The number of amides is 3. The number of para-hydroxylation sites is 3. The van der Waals surface area contributed by atoms with E-state index in [1.807, 2.05) is 24.3 Å². The summed E-state index contributed by atoms with van der Waals surface area (Å²) in [6.45, 7) is 2.91. The van der Waals surface area contributed by atoms with Gasteiger partial charge in [0.1, 0.15) is 5.75 Å². The molecule has 28 heavy (non-hydrogen) atoms. The molecule has 8 heteroatoms. The molecule has 0 aliphatic carbocycles. The average molecular weight is 404 g/mol. The molecule has 0 saturated carbocycles. The summed E-state index contributed by atoms with van der Waals surface area (Å²) in [6.07, 6.45) is 0. The van der Waals surface area contributed by atoms with E-state index < -0.39 is 0 Å². The standard InChI is InChI=1S/C20H23ClN4O3/c1-28-18-9-5-4-8-17(18)23-20(27)25-12-10-24(11-13-25)14-19(26)22-16-7-3-2-6-15(16)21/h2-9H,10-14H2,1H3,(H,22,26)(H,23,27)/p+1. The maximum absolute atomic E-state index is 12.5. The molecule has 2 aromatic carbocycles. The summed E-state index contributed by atoms with van der Waals surface area (Å²) in [6, 6.07) is 14.3. The van der Waals surface area contributed by atoms with Crippen LogP contribution in [0.2, 0.25) is 5.02 Å². The van der Waals surface area contributed by atoms with Crippen LogP contribution in [0, 0.1) is 0 Å². The molecule has 1 fully saturated rings. The fraction of sp³-hybridized carbons (Fsp3) is 0.300. The number of nitrogens with zero attached hydrogens (tertiary/aromatic N) is 1. The maximum Gasteiger partial charge on any atom is 0.322 e. The second kappa shape index (κ2) is 9.43. The molecule has 3 N–H and O–H groups in total. The van der Waals surface area contributed by atoms with Gasteiger partial charge in [-0.1, -0.05) is 35.9 Å². The topological polar surface area (TPSA) is 75.1 Å². The van der Waals surface area contributed by atoms with Gasteiger partial charge in [0.2, 0.25) is 0 Å². The predicted molar refractivity (Wildman–Crippen MR) is 109 cm³/mol. The molecule has 1 aliphatic rings. The number of urea groups is 1. The van der Waals surface area contributed by atoms with Crippen LogP contribution >= 0.6 is 11.6 Å².